The van der Waals surface area contributed by atoms with Gasteiger partial charge < -0.3 is 5.32 Å². The van der Waals surface area contributed by atoms with Crippen LogP contribution in [0.4, 0.5) is 13.2 Å². The summed E-state index contributed by atoms with van der Waals surface area (Å²) in [6, 6.07) is 10.4. The van der Waals surface area contributed by atoms with Gasteiger partial charge in [0.1, 0.15) is 0 Å². The number of benzene rings is 1. The first kappa shape index (κ1) is 16.3. The van der Waals surface area contributed by atoms with Gasteiger partial charge in [-0.2, -0.15) is 13.2 Å². The molecule has 2 rings (SSSR count). The molecule has 1 saturated heterocycles. The van der Waals surface area contributed by atoms with Crippen LogP contribution in [-0.4, -0.2) is 37.3 Å². The van der Waals surface area contributed by atoms with E-state index in [4.69, 9.17) is 0 Å². The maximum Gasteiger partial charge on any atom is 0.401 e. The summed E-state index contributed by atoms with van der Waals surface area (Å²) in [5.74, 6) is 0.553. The lowest BCUT2D eigenvalue weighted by Crippen LogP contribution is -2.35. The SMILES string of the molecule is FC(F)(F)CNCCC1CCN(Cc2ccccc2)CC1. The molecule has 0 radical (unpaired) electrons. The molecule has 1 N–H and O–H groups in total. The Morgan fingerprint density at radius 1 is 1.10 bits per heavy atom. The zero-order chi connectivity index (χ0) is 15.1. The standard InChI is InChI=1S/C16H23F3N2/c17-16(18,19)13-20-9-6-14-7-10-21(11-8-14)12-15-4-2-1-3-5-15/h1-5,14,20H,6-13H2. The Morgan fingerprint density at radius 3 is 2.38 bits per heavy atom. The fourth-order valence-corrected chi connectivity index (χ4v) is 2.81. The van der Waals surface area contributed by atoms with Gasteiger partial charge in [-0.3, -0.25) is 4.90 Å². The molecule has 0 saturated carbocycles. The number of nitrogens with zero attached hydrogens (tertiary/aromatic N) is 1. The number of hydrogen-bond acceptors (Lipinski definition) is 2. The first-order valence-electron chi connectivity index (χ1n) is 7.57. The Hall–Kier alpha value is -1.07. The van der Waals surface area contributed by atoms with E-state index in [1.54, 1.807) is 0 Å². The van der Waals surface area contributed by atoms with Crippen LogP contribution in [0.3, 0.4) is 0 Å². The van der Waals surface area contributed by atoms with Crippen LogP contribution >= 0.6 is 0 Å². The van der Waals surface area contributed by atoms with Crippen molar-refractivity contribution in [2.24, 2.45) is 5.92 Å². The molecule has 0 spiro atoms. The Bertz CT molecular complexity index is 398. The maximum absolute atomic E-state index is 12.0. The molecule has 1 aliphatic rings. The predicted octanol–water partition coefficient (Wildman–Crippen LogP) is 3.44. The Kier molecular flexibility index (Phi) is 6.06. The molecule has 2 nitrogen and oxygen atoms in total. The van der Waals surface area contributed by atoms with Gasteiger partial charge in [0.15, 0.2) is 0 Å². The van der Waals surface area contributed by atoms with Crippen LogP contribution in [0.1, 0.15) is 24.8 Å². The molecule has 0 atom stereocenters. The number of halogens is 3. The summed E-state index contributed by atoms with van der Waals surface area (Å²) in [7, 11) is 0. The van der Waals surface area contributed by atoms with Crippen LogP contribution in [0, 0.1) is 5.92 Å². The second kappa shape index (κ2) is 7.80. The first-order valence-corrected chi connectivity index (χ1v) is 7.57. The molecular weight excluding hydrogens is 277 g/mol. The van der Waals surface area contributed by atoms with E-state index in [2.05, 4.69) is 34.5 Å². The van der Waals surface area contributed by atoms with Crippen molar-refractivity contribution in [3.63, 3.8) is 0 Å². The summed E-state index contributed by atoms with van der Waals surface area (Å²) in [5.41, 5.74) is 1.32. The summed E-state index contributed by atoms with van der Waals surface area (Å²) in [4.78, 5) is 2.43. The van der Waals surface area contributed by atoms with Crippen molar-refractivity contribution in [1.82, 2.24) is 10.2 Å². The minimum Gasteiger partial charge on any atom is -0.309 e. The van der Waals surface area contributed by atoms with Crippen molar-refractivity contribution >= 4 is 0 Å². The van der Waals surface area contributed by atoms with E-state index < -0.39 is 12.7 Å². The molecule has 1 aromatic carbocycles. The molecule has 118 valence electrons. The van der Waals surface area contributed by atoms with E-state index in [1.807, 2.05) is 6.07 Å². The van der Waals surface area contributed by atoms with E-state index in [1.165, 1.54) is 5.56 Å². The van der Waals surface area contributed by atoms with Crippen LogP contribution in [0.5, 0.6) is 0 Å². The molecule has 21 heavy (non-hydrogen) atoms. The summed E-state index contributed by atoms with van der Waals surface area (Å²) in [6.07, 6.45) is -1.09. The van der Waals surface area contributed by atoms with Crippen molar-refractivity contribution in [2.45, 2.75) is 32.0 Å². The molecule has 0 aliphatic carbocycles. The number of alkyl halides is 3. The largest absolute Gasteiger partial charge is 0.401 e. The molecular formula is C16H23F3N2. The van der Waals surface area contributed by atoms with E-state index in [0.717, 1.165) is 38.9 Å². The molecule has 0 amide bonds. The maximum atomic E-state index is 12.0. The summed E-state index contributed by atoms with van der Waals surface area (Å²) in [5, 5.41) is 2.49. The lowest BCUT2D eigenvalue weighted by atomic mass is 9.93. The van der Waals surface area contributed by atoms with Gasteiger partial charge in [-0.15, -0.1) is 0 Å². The van der Waals surface area contributed by atoms with Crippen molar-refractivity contribution in [2.75, 3.05) is 26.2 Å². The van der Waals surface area contributed by atoms with E-state index >= 15 is 0 Å². The third kappa shape index (κ3) is 6.48. The van der Waals surface area contributed by atoms with Gasteiger partial charge in [-0.25, -0.2) is 0 Å². The van der Waals surface area contributed by atoms with Crippen LogP contribution in [0.25, 0.3) is 0 Å². The molecule has 1 fully saturated rings. The number of hydrogen-bond donors (Lipinski definition) is 1. The highest BCUT2D eigenvalue weighted by atomic mass is 19.4. The number of piperidine rings is 1. The number of nitrogens with one attached hydrogen (secondary N) is 1. The van der Waals surface area contributed by atoms with Crippen molar-refractivity contribution in [1.29, 1.82) is 0 Å². The zero-order valence-corrected chi connectivity index (χ0v) is 12.2. The molecule has 1 aromatic rings. The highest BCUT2D eigenvalue weighted by molar-refractivity contribution is 5.14. The lowest BCUT2D eigenvalue weighted by Gasteiger charge is -2.32. The van der Waals surface area contributed by atoms with Gasteiger partial charge in [-0.1, -0.05) is 30.3 Å². The second-order valence-corrected chi connectivity index (χ2v) is 5.79. The second-order valence-electron chi connectivity index (χ2n) is 5.79. The van der Waals surface area contributed by atoms with Gasteiger partial charge in [0.25, 0.3) is 0 Å². The van der Waals surface area contributed by atoms with Crippen molar-refractivity contribution in [3.8, 4) is 0 Å². The predicted molar refractivity (Wildman–Crippen MR) is 78.0 cm³/mol. The van der Waals surface area contributed by atoms with Gasteiger partial charge in [0, 0.05) is 6.54 Å². The minimum atomic E-state index is -4.10. The quantitative estimate of drug-likeness (QED) is 0.810. The molecule has 0 bridgehead atoms. The van der Waals surface area contributed by atoms with Crippen LogP contribution in [0.15, 0.2) is 30.3 Å². The van der Waals surface area contributed by atoms with Crippen molar-refractivity contribution < 1.29 is 13.2 Å². The first-order chi connectivity index (χ1) is 10.0. The smallest absolute Gasteiger partial charge is 0.309 e. The summed E-state index contributed by atoms with van der Waals surface area (Å²) in [6.45, 7) is 2.64. The highest BCUT2D eigenvalue weighted by Gasteiger charge is 2.26. The van der Waals surface area contributed by atoms with E-state index in [9.17, 15) is 13.2 Å². The molecule has 5 heteroatoms. The summed E-state index contributed by atoms with van der Waals surface area (Å²) >= 11 is 0. The third-order valence-corrected chi connectivity index (χ3v) is 4.01. The molecule has 0 aromatic heterocycles. The van der Waals surface area contributed by atoms with Gasteiger partial charge in [0.2, 0.25) is 0 Å². The summed E-state index contributed by atoms with van der Waals surface area (Å²) < 4.78 is 36.0. The zero-order valence-electron chi connectivity index (χ0n) is 12.2. The minimum absolute atomic E-state index is 0.461. The third-order valence-electron chi connectivity index (χ3n) is 4.01. The Balaban J connectivity index is 1.60. The number of likely N-dealkylation sites (tertiary alicyclic amines) is 1. The van der Waals surface area contributed by atoms with Crippen LogP contribution < -0.4 is 5.32 Å². The van der Waals surface area contributed by atoms with Crippen LogP contribution in [0.2, 0.25) is 0 Å². The average Bonchev–Trinajstić information content (AvgIpc) is 2.45. The topological polar surface area (TPSA) is 15.3 Å². The van der Waals surface area contributed by atoms with E-state index in [0.29, 0.717) is 12.5 Å². The average molecular weight is 300 g/mol. The monoisotopic (exact) mass is 300 g/mol. The number of rotatable bonds is 6. The molecule has 1 aliphatic heterocycles. The lowest BCUT2D eigenvalue weighted by molar-refractivity contribution is -0.124. The Labute approximate surface area is 124 Å². The van der Waals surface area contributed by atoms with Gasteiger partial charge >= 0.3 is 6.18 Å². The normalized spacial score (nSPS) is 18.0. The van der Waals surface area contributed by atoms with Gasteiger partial charge in [-0.05, 0) is 50.4 Å². The van der Waals surface area contributed by atoms with Gasteiger partial charge in [0.05, 0.1) is 6.54 Å². The van der Waals surface area contributed by atoms with E-state index in [-0.39, 0.29) is 0 Å². The highest BCUT2D eigenvalue weighted by Crippen LogP contribution is 2.21. The Morgan fingerprint density at radius 2 is 1.76 bits per heavy atom. The fraction of sp³-hybridized carbons (Fsp3) is 0.625. The fourth-order valence-electron chi connectivity index (χ4n) is 2.81. The molecule has 1 heterocycles. The molecule has 0 unspecified atom stereocenters. The van der Waals surface area contributed by atoms with Crippen LogP contribution in [-0.2, 0) is 6.54 Å². The van der Waals surface area contributed by atoms with Crippen molar-refractivity contribution in [3.05, 3.63) is 35.9 Å².